The van der Waals surface area contributed by atoms with Gasteiger partial charge in [-0.3, -0.25) is 14.5 Å². The Morgan fingerprint density at radius 3 is 2.74 bits per heavy atom. The third kappa shape index (κ3) is 4.76. The molecule has 35 heavy (non-hydrogen) atoms. The molecule has 11 heteroatoms. The summed E-state index contributed by atoms with van der Waals surface area (Å²) in [6.07, 6.45) is 3.77. The minimum absolute atomic E-state index is 0.113. The smallest absolute Gasteiger partial charge is 0.291 e. The molecule has 4 heterocycles. The highest BCUT2D eigenvalue weighted by Gasteiger charge is 2.29. The lowest BCUT2D eigenvalue weighted by Gasteiger charge is -2.28. The van der Waals surface area contributed by atoms with Crippen LogP contribution in [-0.4, -0.2) is 50.4 Å². The lowest BCUT2D eigenvalue weighted by Crippen LogP contribution is -2.41. The maximum atomic E-state index is 13.2. The number of carbonyl (C=O) groups excluding carboxylic acids is 2. The van der Waals surface area contributed by atoms with Crippen LogP contribution in [0.5, 0.6) is 0 Å². The van der Waals surface area contributed by atoms with Crippen LogP contribution in [0.4, 0.5) is 5.69 Å². The predicted molar refractivity (Wildman–Crippen MR) is 136 cm³/mol. The summed E-state index contributed by atoms with van der Waals surface area (Å²) < 4.78 is 1.84. The Hall–Kier alpha value is -2.65. The summed E-state index contributed by atoms with van der Waals surface area (Å²) in [5.41, 5.74) is 3.62. The first-order chi connectivity index (χ1) is 16.8. The number of aromatic nitrogens is 3. The number of nitrogens with zero attached hydrogens (tertiary/aromatic N) is 4. The molecule has 2 amide bonds. The molecule has 1 saturated heterocycles. The number of fused-ring (bicyclic) bond motifs is 1. The molecule has 2 aliphatic rings. The number of carbonyl (C=O) groups is 2. The third-order valence-corrected chi connectivity index (χ3v) is 7.66. The summed E-state index contributed by atoms with van der Waals surface area (Å²) in [6.45, 7) is 2.27. The van der Waals surface area contributed by atoms with Gasteiger partial charge in [0.1, 0.15) is 5.15 Å². The number of nitrogens with one attached hydrogen (secondary N) is 2. The molecule has 0 bridgehead atoms. The maximum Gasteiger partial charge on any atom is 0.291 e. The molecule has 1 atom stereocenters. The lowest BCUT2D eigenvalue weighted by molar-refractivity contribution is -0.119. The molecule has 3 aromatic rings. The molecule has 0 unspecified atom stereocenters. The van der Waals surface area contributed by atoms with E-state index in [9.17, 15) is 9.59 Å². The van der Waals surface area contributed by atoms with Gasteiger partial charge in [0.05, 0.1) is 21.4 Å². The number of rotatable bonds is 5. The highest BCUT2D eigenvalue weighted by Crippen LogP contribution is 2.39. The van der Waals surface area contributed by atoms with Gasteiger partial charge in [-0.15, -0.1) is 0 Å². The maximum absolute atomic E-state index is 13.2. The van der Waals surface area contributed by atoms with Crippen LogP contribution in [0.1, 0.15) is 34.8 Å². The van der Waals surface area contributed by atoms with E-state index in [0.29, 0.717) is 40.6 Å². The first-order valence-corrected chi connectivity index (χ1v) is 12.4. The van der Waals surface area contributed by atoms with Crippen LogP contribution in [0.3, 0.4) is 0 Å². The molecule has 0 aliphatic carbocycles. The summed E-state index contributed by atoms with van der Waals surface area (Å²) in [4.78, 5) is 35.6. The number of halogens is 3. The van der Waals surface area contributed by atoms with Gasteiger partial charge in [-0.1, -0.05) is 46.9 Å². The van der Waals surface area contributed by atoms with Crippen molar-refractivity contribution in [2.24, 2.45) is 7.05 Å². The van der Waals surface area contributed by atoms with Gasteiger partial charge in [0, 0.05) is 68.6 Å². The van der Waals surface area contributed by atoms with E-state index in [1.807, 2.05) is 11.6 Å². The minimum Gasteiger partial charge on any atom is -0.352 e. The summed E-state index contributed by atoms with van der Waals surface area (Å²) in [5, 5.41) is 6.71. The van der Waals surface area contributed by atoms with Crippen molar-refractivity contribution < 1.29 is 9.59 Å². The van der Waals surface area contributed by atoms with E-state index in [1.54, 1.807) is 30.5 Å². The Morgan fingerprint density at radius 1 is 1.17 bits per heavy atom. The zero-order chi connectivity index (χ0) is 24.7. The van der Waals surface area contributed by atoms with Crippen molar-refractivity contribution in [3.05, 3.63) is 62.9 Å². The van der Waals surface area contributed by atoms with Gasteiger partial charge in [0.15, 0.2) is 5.82 Å². The van der Waals surface area contributed by atoms with Crippen molar-refractivity contribution in [1.82, 2.24) is 24.8 Å². The molecule has 182 valence electrons. The van der Waals surface area contributed by atoms with Crippen molar-refractivity contribution in [2.45, 2.75) is 31.8 Å². The van der Waals surface area contributed by atoms with E-state index in [4.69, 9.17) is 34.8 Å². The Kier molecular flexibility index (Phi) is 6.72. The molecule has 1 fully saturated rings. The van der Waals surface area contributed by atoms with Crippen LogP contribution in [0, 0.1) is 0 Å². The van der Waals surface area contributed by atoms with Gasteiger partial charge in [-0.25, -0.2) is 9.97 Å². The van der Waals surface area contributed by atoms with E-state index >= 15 is 0 Å². The van der Waals surface area contributed by atoms with Gasteiger partial charge >= 0.3 is 0 Å². The van der Waals surface area contributed by atoms with Gasteiger partial charge in [-0.2, -0.15) is 0 Å². The van der Waals surface area contributed by atoms with Crippen molar-refractivity contribution in [1.29, 1.82) is 0 Å². The first kappa shape index (κ1) is 24.1. The zero-order valence-corrected chi connectivity index (χ0v) is 21.2. The van der Waals surface area contributed by atoms with Crippen LogP contribution in [0.15, 0.2) is 30.5 Å². The van der Waals surface area contributed by atoms with Crippen LogP contribution < -0.4 is 10.6 Å². The summed E-state index contributed by atoms with van der Waals surface area (Å²) in [7, 11) is 1.85. The molecule has 0 spiro atoms. The summed E-state index contributed by atoms with van der Waals surface area (Å²) in [6, 6.07) is 7.20. The molecule has 2 aliphatic heterocycles. The Balaban J connectivity index is 1.34. The van der Waals surface area contributed by atoms with Crippen LogP contribution >= 0.6 is 34.8 Å². The molecule has 0 radical (unpaired) electrons. The van der Waals surface area contributed by atoms with Gasteiger partial charge in [-0.05, 0) is 18.6 Å². The molecule has 5 rings (SSSR count). The van der Waals surface area contributed by atoms with E-state index in [0.717, 1.165) is 37.3 Å². The molecule has 2 N–H and O–H groups in total. The van der Waals surface area contributed by atoms with Crippen LogP contribution in [0.25, 0.3) is 11.1 Å². The quantitative estimate of drug-likeness (QED) is 0.476. The van der Waals surface area contributed by atoms with Gasteiger partial charge in [0.25, 0.3) is 5.91 Å². The number of anilines is 1. The van der Waals surface area contributed by atoms with E-state index in [-0.39, 0.29) is 28.0 Å². The molecular weight excluding hydrogens is 511 g/mol. The summed E-state index contributed by atoms with van der Waals surface area (Å²) in [5.74, 6) is 0.0772. The fourth-order valence-corrected chi connectivity index (χ4v) is 5.35. The third-order valence-electron chi connectivity index (χ3n) is 6.49. The zero-order valence-electron chi connectivity index (χ0n) is 18.9. The largest absolute Gasteiger partial charge is 0.352 e. The molecule has 2 aromatic heterocycles. The average molecular weight is 534 g/mol. The van der Waals surface area contributed by atoms with Crippen molar-refractivity contribution in [2.75, 3.05) is 18.4 Å². The Labute approximate surface area is 217 Å². The Morgan fingerprint density at radius 2 is 1.97 bits per heavy atom. The van der Waals surface area contributed by atoms with Gasteiger partial charge in [0.2, 0.25) is 5.91 Å². The second kappa shape index (κ2) is 9.78. The number of hydrogen-bond donors (Lipinski definition) is 2. The van der Waals surface area contributed by atoms with Crippen molar-refractivity contribution in [3.63, 3.8) is 0 Å². The van der Waals surface area contributed by atoms with Crippen molar-refractivity contribution in [3.8, 4) is 11.1 Å². The highest BCUT2D eigenvalue weighted by molar-refractivity contribution is 6.44. The fourth-order valence-electron chi connectivity index (χ4n) is 4.71. The SMILES string of the molecule is Cn1c(C(=O)Nc2cccc(-c3ccnc(Cl)c3Cl)c2Cl)nc2c1CCN(C[C@@H]1CCC(=O)N1)C2. The van der Waals surface area contributed by atoms with Gasteiger partial charge < -0.3 is 15.2 Å². The average Bonchev–Trinajstić information content (AvgIpc) is 3.39. The number of pyridine rings is 1. The monoisotopic (exact) mass is 532 g/mol. The van der Waals surface area contributed by atoms with E-state index in [2.05, 4.69) is 25.5 Å². The predicted octanol–water partition coefficient (Wildman–Crippen LogP) is 4.33. The molecule has 8 nitrogen and oxygen atoms in total. The summed E-state index contributed by atoms with van der Waals surface area (Å²) >= 11 is 19.0. The number of benzene rings is 1. The molecule has 0 saturated carbocycles. The second-order valence-corrected chi connectivity index (χ2v) is 9.87. The Bertz CT molecular complexity index is 1320. The van der Waals surface area contributed by atoms with E-state index < -0.39 is 0 Å². The number of amides is 2. The van der Waals surface area contributed by atoms with Crippen LogP contribution in [0.2, 0.25) is 15.2 Å². The van der Waals surface area contributed by atoms with Crippen molar-refractivity contribution >= 4 is 52.3 Å². The molecule has 1 aromatic carbocycles. The fraction of sp³-hybridized carbons (Fsp3) is 0.333. The highest BCUT2D eigenvalue weighted by atomic mass is 35.5. The number of hydrogen-bond acceptors (Lipinski definition) is 5. The lowest BCUT2D eigenvalue weighted by atomic mass is 10.1. The second-order valence-electron chi connectivity index (χ2n) is 8.76. The standard InChI is InChI=1S/C24H23Cl3N6O2/c1-32-18-8-10-33(11-13-5-6-19(34)29-13)12-17(18)30-23(32)24(35)31-16-4-2-3-14(20(16)25)15-7-9-28-22(27)21(15)26/h2-4,7,9,13H,5-6,8,10-12H2,1H3,(H,29,34)(H,31,35)/t13-/m0/s1. The first-order valence-electron chi connectivity index (χ1n) is 11.3. The number of imidazole rings is 1. The normalized spacial score (nSPS) is 17.8. The van der Waals surface area contributed by atoms with Crippen LogP contribution in [-0.2, 0) is 24.8 Å². The topological polar surface area (TPSA) is 92.2 Å². The van der Waals surface area contributed by atoms with E-state index in [1.165, 1.54) is 0 Å². The molecular formula is C24H23Cl3N6O2. The minimum atomic E-state index is -0.352.